The zero-order chi connectivity index (χ0) is 16.2. The summed E-state index contributed by atoms with van der Waals surface area (Å²) >= 11 is 1.52. The first kappa shape index (κ1) is 15.6. The quantitative estimate of drug-likeness (QED) is 0.939. The number of nitrogens with zero attached hydrogens (tertiary/aromatic N) is 1. The number of carbonyl (C=O) groups excluding carboxylic acids is 2. The Kier molecular flexibility index (Phi) is 4.67. The fourth-order valence-corrected chi connectivity index (χ4v) is 3.52. The molecule has 0 bridgehead atoms. The standard InChI is InChI=1S/C18H18N2O2S/c1-13(14-7-3-2-4-8-14)19-17(21)11-20-15-9-5-6-10-16(15)23-12-18(20)22/h2-10,13H,11-12H2,1H3,(H,19,21)/t13-/m0/s1. The summed E-state index contributed by atoms with van der Waals surface area (Å²) in [5.41, 5.74) is 1.86. The van der Waals surface area contributed by atoms with Gasteiger partial charge in [-0.25, -0.2) is 0 Å². The lowest BCUT2D eigenvalue weighted by molar-refractivity contribution is -0.123. The van der Waals surface area contributed by atoms with Crippen LogP contribution in [-0.4, -0.2) is 24.1 Å². The first-order valence-corrected chi connectivity index (χ1v) is 8.50. The largest absolute Gasteiger partial charge is 0.348 e. The lowest BCUT2D eigenvalue weighted by Gasteiger charge is -2.28. The lowest BCUT2D eigenvalue weighted by Crippen LogP contribution is -2.43. The van der Waals surface area contributed by atoms with Crippen molar-refractivity contribution in [3.63, 3.8) is 0 Å². The van der Waals surface area contributed by atoms with Gasteiger partial charge in [-0.05, 0) is 24.6 Å². The smallest absolute Gasteiger partial charge is 0.240 e. The molecule has 118 valence electrons. The van der Waals surface area contributed by atoms with E-state index in [1.165, 1.54) is 11.8 Å². The molecule has 0 radical (unpaired) electrons. The van der Waals surface area contributed by atoms with Gasteiger partial charge in [-0.15, -0.1) is 11.8 Å². The SMILES string of the molecule is C[C@H](NC(=O)CN1C(=O)CSc2ccccc21)c1ccccc1. The molecular weight excluding hydrogens is 308 g/mol. The molecule has 0 saturated carbocycles. The Bertz CT molecular complexity index is 718. The van der Waals surface area contributed by atoms with E-state index in [-0.39, 0.29) is 24.4 Å². The molecule has 0 unspecified atom stereocenters. The molecule has 0 aliphatic carbocycles. The highest BCUT2D eigenvalue weighted by molar-refractivity contribution is 8.00. The number of anilines is 1. The highest BCUT2D eigenvalue weighted by Crippen LogP contribution is 2.34. The van der Waals surface area contributed by atoms with Gasteiger partial charge in [-0.3, -0.25) is 9.59 Å². The summed E-state index contributed by atoms with van der Waals surface area (Å²) in [6.45, 7) is 1.99. The lowest BCUT2D eigenvalue weighted by atomic mass is 10.1. The third kappa shape index (κ3) is 3.56. The molecule has 5 heteroatoms. The van der Waals surface area contributed by atoms with Crippen LogP contribution in [0.3, 0.4) is 0 Å². The normalized spacial score (nSPS) is 15.0. The Morgan fingerprint density at radius 3 is 2.65 bits per heavy atom. The highest BCUT2D eigenvalue weighted by Gasteiger charge is 2.26. The van der Waals surface area contributed by atoms with Crippen molar-refractivity contribution in [3.8, 4) is 0 Å². The number of amides is 2. The molecule has 1 N–H and O–H groups in total. The maximum absolute atomic E-state index is 12.3. The van der Waals surface area contributed by atoms with Crippen molar-refractivity contribution in [2.75, 3.05) is 17.2 Å². The number of nitrogens with one attached hydrogen (secondary N) is 1. The summed E-state index contributed by atoms with van der Waals surface area (Å²) in [5, 5.41) is 2.96. The van der Waals surface area contributed by atoms with E-state index in [0.717, 1.165) is 16.1 Å². The third-order valence-electron chi connectivity index (χ3n) is 3.79. The van der Waals surface area contributed by atoms with Gasteiger partial charge in [0.1, 0.15) is 6.54 Å². The minimum absolute atomic E-state index is 0.0313. The molecule has 2 aromatic carbocycles. The van der Waals surface area contributed by atoms with Crippen molar-refractivity contribution in [2.24, 2.45) is 0 Å². The zero-order valence-electron chi connectivity index (χ0n) is 12.9. The number of carbonyl (C=O) groups is 2. The van der Waals surface area contributed by atoms with Crippen LogP contribution in [0.5, 0.6) is 0 Å². The van der Waals surface area contributed by atoms with Gasteiger partial charge in [-0.2, -0.15) is 0 Å². The Balaban J connectivity index is 1.69. The van der Waals surface area contributed by atoms with Crippen molar-refractivity contribution in [1.82, 2.24) is 5.32 Å². The summed E-state index contributed by atoms with van der Waals surface area (Å²) < 4.78 is 0. The van der Waals surface area contributed by atoms with Crippen LogP contribution in [-0.2, 0) is 9.59 Å². The first-order valence-electron chi connectivity index (χ1n) is 7.51. The van der Waals surface area contributed by atoms with Crippen molar-refractivity contribution >= 4 is 29.3 Å². The average molecular weight is 326 g/mol. The fourth-order valence-electron chi connectivity index (χ4n) is 2.58. The molecule has 0 fully saturated rings. The third-order valence-corrected chi connectivity index (χ3v) is 4.83. The molecule has 0 aromatic heterocycles. The van der Waals surface area contributed by atoms with E-state index in [4.69, 9.17) is 0 Å². The molecule has 1 aliphatic rings. The minimum atomic E-state index is -0.156. The van der Waals surface area contributed by atoms with Crippen LogP contribution in [0.15, 0.2) is 59.5 Å². The molecule has 2 amide bonds. The predicted octanol–water partition coefficient (Wildman–Crippen LogP) is 3.00. The summed E-state index contributed by atoms with van der Waals surface area (Å²) in [6, 6.07) is 17.4. The van der Waals surface area contributed by atoms with E-state index in [1.54, 1.807) is 4.90 Å². The van der Waals surface area contributed by atoms with Crippen LogP contribution in [0, 0.1) is 0 Å². The molecule has 1 aliphatic heterocycles. The van der Waals surface area contributed by atoms with Crippen molar-refractivity contribution in [2.45, 2.75) is 17.9 Å². The molecule has 1 heterocycles. The molecule has 1 atom stereocenters. The van der Waals surface area contributed by atoms with E-state index in [9.17, 15) is 9.59 Å². The number of hydrogen-bond acceptors (Lipinski definition) is 3. The Morgan fingerprint density at radius 2 is 1.87 bits per heavy atom. The number of rotatable bonds is 4. The van der Waals surface area contributed by atoms with Gasteiger partial charge in [0.05, 0.1) is 17.5 Å². The van der Waals surface area contributed by atoms with Gasteiger partial charge < -0.3 is 10.2 Å². The molecule has 23 heavy (non-hydrogen) atoms. The number of thioether (sulfide) groups is 1. The maximum Gasteiger partial charge on any atom is 0.240 e. The maximum atomic E-state index is 12.3. The highest BCUT2D eigenvalue weighted by atomic mass is 32.2. The molecule has 4 nitrogen and oxygen atoms in total. The monoisotopic (exact) mass is 326 g/mol. The molecule has 0 spiro atoms. The number of para-hydroxylation sites is 1. The van der Waals surface area contributed by atoms with Gasteiger partial charge >= 0.3 is 0 Å². The predicted molar refractivity (Wildman–Crippen MR) is 92.5 cm³/mol. The van der Waals surface area contributed by atoms with Crippen LogP contribution < -0.4 is 10.2 Å². The van der Waals surface area contributed by atoms with Crippen LogP contribution in [0.2, 0.25) is 0 Å². The summed E-state index contributed by atoms with van der Waals surface area (Å²) in [5.74, 6) is 0.186. The van der Waals surface area contributed by atoms with Gasteiger partial charge in [0, 0.05) is 4.90 Å². The topological polar surface area (TPSA) is 49.4 Å². The summed E-state index contributed by atoms with van der Waals surface area (Å²) in [6.07, 6.45) is 0. The molecule has 3 rings (SSSR count). The fraction of sp³-hybridized carbons (Fsp3) is 0.222. The second-order valence-corrected chi connectivity index (χ2v) is 6.45. The van der Waals surface area contributed by atoms with Crippen LogP contribution in [0.25, 0.3) is 0 Å². The van der Waals surface area contributed by atoms with Crippen LogP contribution in [0.4, 0.5) is 5.69 Å². The van der Waals surface area contributed by atoms with Crippen molar-refractivity contribution in [3.05, 3.63) is 60.2 Å². The van der Waals surface area contributed by atoms with E-state index < -0.39 is 0 Å². The summed E-state index contributed by atoms with van der Waals surface area (Å²) in [7, 11) is 0. The number of benzene rings is 2. The number of fused-ring (bicyclic) bond motifs is 1. The minimum Gasteiger partial charge on any atom is -0.348 e. The van der Waals surface area contributed by atoms with E-state index in [1.807, 2.05) is 61.5 Å². The van der Waals surface area contributed by atoms with Gasteiger partial charge in [-0.1, -0.05) is 42.5 Å². The van der Waals surface area contributed by atoms with Gasteiger partial charge in [0.15, 0.2) is 0 Å². The second kappa shape index (κ2) is 6.87. The first-order chi connectivity index (χ1) is 11.1. The van der Waals surface area contributed by atoms with E-state index in [0.29, 0.717) is 5.75 Å². The average Bonchev–Trinajstić information content (AvgIpc) is 2.58. The Hall–Kier alpha value is -2.27. The van der Waals surface area contributed by atoms with Crippen LogP contribution >= 0.6 is 11.8 Å². The van der Waals surface area contributed by atoms with Gasteiger partial charge in [0.2, 0.25) is 11.8 Å². The van der Waals surface area contributed by atoms with Crippen LogP contribution in [0.1, 0.15) is 18.5 Å². The van der Waals surface area contributed by atoms with Crippen molar-refractivity contribution in [1.29, 1.82) is 0 Å². The molecular formula is C18H18N2O2S. The molecule has 2 aromatic rings. The Morgan fingerprint density at radius 1 is 1.17 bits per heavy atom. The Labute approximate surface area is 139 Å². The van der Waals surface area contributed by atoms with E-state index in [2.05, 4.69) is 5.32 Å². The van der Waals surface area contributed by atoms with Gasteiger partial charge in [0.25, 0.3) is 0 Å². The second-order valence-electron chi connectivity index (χ2n) is 5.44. The number of hydrogen-bond donors (Lipinski definition) is 1. The van der Waals surface area contributed by atoms with E-state index >= 15 is 0 Å². The zero-order valence-corrected chi connectivity index (χ0v) is 13.7. The van der Waals surface area contributed by atoms with Crippen molar-refractivity contribution < 1.29 is 9.59 Å². The summed E-state index contributed by atoms with van der Waals surface area (Å²) in [4.78, 5) is 27.1. The molecule has 0 saturated heterocycles.